The van der Waals surface area contributed by atoms with Gasteiger partial charge in [-0.2, -0.15) is 0 Å². The van der Waals surface area contributed by atoms with Gasteiger partial charge < -0.3 is 10.2 Å². The van der Waals surface area contributed by atoms with E-state index in [0.29, 0.717) is 5.41 Å². The van der Waals surface area contributed by atoms with Crippen LogP contribution in [0.4, 0.5) is 0 Å². The molecule has 0 amide bonds. The Morgan fingerprint density at radius 1 is 1.18 bits per heavy atom. The van der Waals surface area contributed by atoms with Crippen LogP contribution in [0.15, 0.2) is 0 Å². The van der Waals surface area contributed by atoms with E-state index in [1.807, 2.05) is 0 Å². The standard InChI is InChI=1S/C15H32N2/c1-5-16-12-15(9-7-6-8-10-15)13-17(4)11-14(2)3/h14,16H,5-13H2,1-4H3. The van der Waals surface area contributed by atoms with Crippen molar-refractivity contribution in [1.82, 2.24) is 10.2 Å². The third-order valence-electron chi connectivity index (χ3n) is 3.95. The van der Waals surface area contributed by atoms with Gasteiger partial charge in [0.2, 0.25) is 0 Å². The van der Waals surface area contributed by atoms with E-state index in [9.17, 15) is 0 Å². The molecular weight excluding hydrogens is 208 g/mol. The first kappa shape index (κ1) is 15.0. The van der Waals surface area contributed by atoms with E-state index in [-0.39, 0.29) is 0 Å². The molecule has 0 atom stereocenters. The van der Waals surface area contributed by atoms with Gasteiger partial charge in [-0.1, -0.05) is 40.0 Å². The molecule has 0 aromatic rings. The van der Waals surface area contributed by atoms with Crippen molar-refractivity contribution in [2.45, 2.75) is 52.9 Å². The Morgan fingerprint density at radius 2 is 1.82 bits per heavy atom. The van der Waals surface area contributed by atoms with Crippen molar-refractivity contribution in [2.24, 2.45) is 11.3 Å². The lowest BCUT2D eigenvalue weighted by Gasteiger charge is -2.41. The maximum Gasteiger partial charge on any atom is 0.00472 e. The molecular formula is C15H32N2. The topological polar surface area (TPSA) is 15.3 Å². The van der Waals surface area contributed by atoms with Crippen LogP contribution in [-0.2, 0) is 0 Å². The molecule has 1 rings (SSSR count). The quantitative estimate of drug-likeness (QED) is 0.735. The van der Waals surface area contributed by atoms with E-state index in [0.717, 1.165) is 12.5 Å². The summed E-state index contributed by atoms with van der Waals surface area (Å²) in [5, 5.41) is 3.59. The summed E-state index contributed by atoms with van der Waals surface area (Å²) in [6.45, 7) is 11.7. The molecule has 0 radical (unpaired) electrons. The lowest BCUT2D eigenvalue weighted by Crippen LogP contribution is -2.45. The first-order valence-corrected chi connectivity index (χ1v) is 7.47. The third-order valence-corrected chi connectivity index (χ3v) is 3.95. The van der Waals surface area contributed by atoms with E-state index in [2.05, 4.69) is 38.0 Å². The largest absolute Gasteiger partial charge is 0.316 e. The lowest BCUT2D eigenvalue weighted by molar-refractivity contribution is 0.111. The fourth-order valence-electron chi connectivity index (χ4n) is 3.34. The smallest absolute Gasteiger partial charge is 0.00472 e. The fraction of sp³-hybridized carbons (Fsp3) is 1.00. The van der Waals surface area contributed by atoms with Crippen molar-refractivity contribution in [3.8, 4) is 0 Å². The van der Waals surface area contributed by atoms with E-state index < -0.39 is 0 Å². The van der Waals surface area contributed by atoms with Gasteiger partial charge in [-0.3, -0.25) is 0 Å². The lowest BCUT2D eigenvalue weighted by atomic mass is 9.73. The Labute approximate surface area is 108 Å². The molecule has 0 aliphatic heterocycles. The van der Waals surface area contributed by atoms with Gasteiger partial charge in [0, 0.05) is 19.6 Å². The Bertz CT molecular complexity index is 195. The van der Waals surface area contributed by atoms with Crippen LogP contribution < -0.4 is 5.32 Å². The minimum Gasteiger partial charge on any atom is -0.316 e. The van der Waals surface area contributed by atoms with Gasteiger partial charge in [0.15, 0.2) is 0 Å². The summed E-state index contributed by atoms with van der Waals surface area (Å²) in [5.41, 5.74) is 0.553. The van der Waals surface area contributed by atoms with Crippen molar-refractivity contribution in [1.29, 1.82) is 0 Å². The molecule has 0 bridgehead atoms. The molecule has 2 nitrogen and oxygen atoms in total. The summed E-state index contributed by atoms with van der Waals surface area (Å²) in [7, 11) is 2.29. The Balaban J connectivity index is 2.49. The normalized spacial score (nSPS) is 20.1. The summed E-state index contributed by atoms with van der Waals surface area (Å²) in [5.74, 6) is 0.778. The van der Waals surface area contributed by atoms with Gasteiger partial charge in [0.1, 0.15) is 0 Å². The van der Waals surface area contributed by atoms with Crippen LogP contribution in [0.3, 0.4) is 0 Å². The van der Waals surface area contributed by atoms with E-state index in [1.165, 1.54) is 51.7 Å². The first-order valence-electron chi connectivity index (χ1n) is 7.47. The second-order valence-electron chi connectivity index (χ2n) is 6.43. The van der Waals surface area contributed by atoms with E-state index in [4.69, 9.17) is 0 Å². The number of hydrogen-bond acceptors (Lipinski definition) is 2. The minimum atomic E-state index is 0.553. The fourth-order valence-corrected chi connectivity index (χ4v) is 3.34. The number of nitrogens with one attached hydrogen (secondary N) is 1. The average molecular weight is 240 g/mol. The van der Waals surface area contributed by atoms with Gasteiger partial charge in [-0.05, 0) is 37.8 Å². The zero-order chi connectivity index (χ0) is 12.7. The van der Waals surface area contributed by atoms with Crippen molar-refractivity contribution in [3.63, 3.8) is 0 Å². The molecule has 0 saturated heterocycles. The molecule has 1 N–H and O–H groups in total. The minimum absolute atomic E-state index is 0.553. The molecule has 102 valence electrons. The second kappa shape index (κ2) is 7.38. The predicted molar refractivity (Wildman–Crippen MR) is 76.4 cm³/mol. The Kier molecular flexibility index (Phi) is 6.50. The molecule has 0 unspecified atom stereocenters. The zero-order valence-corrected chi connectivity index (χ0v) is 12.4. The summed E-state index contributed by atoms with van der Waals surface area (Å²) in [6.07, 6.45) is 7.15. The monoisotopic (exact) mass is 240 g/mol. The molecule has 0 aromatic carbocycles. The summed E-state index contributed by atoms with van der Waals surface area (Å²) < 4.78 is 0. The number of hydrogen-bond donors (Lipinski definition) is 1. The highest BCUT2D eigenvalue weighted by Gasteiger charge is 2.32. The van der Waals surface area contributed by atoms with Crippen LogP contribution in [0.5, 0.6) is 0 Å². The molecule has 0 aromatic heterocycles. The van der Waals surface area contributed by atoms with Crippen molar-refractivity contribution >= 4 is 0 Å². The van der Waals surface area contributed by atoms with Gasteiger partial charge in [0.05, 0.1) is 0 Å². The highest BCUT2D eigenvalue weighted by Crippen LogP contribution is 2.36. The van der Waals surface area contributed by atoms with Crippen LogP contribution in [0.1, 0.15) is 52.9 Å². The highest BCUT2D eigenvalue weighted by molar-refractivity contribution is 4.87. The molecule has 2 heteroatoms. The molecule has 1 aliphatic carbocycles. The highest BCUT2D eigenvalue weighted by atomic mass is 15.1. The Morgan fingerprint density at radius 3 is 2.35 bits per heavy atom. The van der Waals surface area contributed by atoms with Crippen LogP contribution in [0.2, 0.25) is 0 Å². The SMILES string of the molecule is CCNCC1(CN(C)CC(C)C)CCCCC1. The van der Waals surface area contributed by atoms with Gasteiger partial charge >= 0.3 is 0 Å². The third kappa shape index (κ3) is 5.39. The average Bonchev–Trinajstić information content (AvgIpc) is 2.26. The van der Waals surface area contributed by atoms with E-state index >= 15 is 0 Å². The number of nitrogens with zero attached hydrogens (tertiary/aromatic N) is 1. The molecule has 17 heavy (non-hydrogen) atoms. The predicted octanol–water partition coefficient (Wildman–Crippen LogP) is 3.13. The molecule has 0 heterocycles. The maximum atomic E-state index is 3.59. The molecule has 0 spiro atoms. The zero-order valence-electron chi connectivity index (χ0n) is 12.4. The first-order chi connectivity index (χ1) is 8.08. The maximum absolute atomic E-state index is 3.59. The van der Waals surface area contributed by atoms with Gasteiger partial charge in [0.25, 0.3) is 0 Å². The van der Waals surface area contributed by atoms with Crippen molar-refractivity contribution < 1.29 is 0 Å². The van der Waals surface area contributed by atoms with Crippen LogP contribution in [0.25, 0.3) is 0 Å². The van der Waals surface area contributed by atoms with Crippen LogP contribution in [-0.4, -0.2) is 38.1 Å². The van der Waals surface area contributed by atoms with Crippen LogP contribution >= 0.6 is 0 Å². The molecule has 1 saturated carbocycles. The van der Waals surface area contributed by atoms with Crippen molar-refractivity contribution in [2.75, 3.05) is 33.2 Å². The molecule has 1 aliphatic rings. The van der Waals surface area contributed by atoms with E-state index in [1.54, 1.807) is 0 Å². The van der Waals surface area contributed by atoms with Crippen LogP contribution in [0, 0.1) is 11.3 Å². The summed E-state index contributed by atoms with van der Waals surface area (Å²) in [4.78, 5) is 2.55. The summed E-state index contributed by atoms with van der Waals surface area (Å²) >= 11 is 0. The number of rotatable bonds is 7. The Hall–Kier alpha value is -0.0800. The van der Waals surface area contributed by atoms with Gasteiger partial charge in [-0.15, -0.1) is 0 Å². The summed E-state index contributed by atoms with van der Waals surface area (Å²) in [6, 6.07) is 0. The molecule has 1 fully saturated rings. The van der Waals surface area contributed by atoms with Gasteiger partial charge in [-0.25, -0.2) is 0 Å². The second-order valence-corrected chi connectivity index (χ2v) is 6.43. The van der Waals surface area contributed by atoms with Crippen molar-refractivity contribution in [3.05, 3.63) is 0 Å².